The molecule has 0 saturated carbocycles. The molecule has 1 aromatic heterocycles. The van der Waals surface area contributed by atoms with Gasteiger partial charge < -0.3 is 14.6 Å². The Bertz CT molecular complexity index is 957. The molecule has 2 aromatic rings. The average molecular weight is 385 g/mol. The predicted octanol–water partition coefficient (Wildman–Crippen LogP) is 3.68. The van der Waals surface area contributed by atoms with E-state index in [2.05, 4.69) is 4.98 Å². The number of allylic oxidation sites excluding steroid dienone is 1. The lowest BCUT2D eigenvalue weighted by molar-refractivity contribution is -0.384. The van der Waals surface area contributed by atoms with E-state index in [0.29, 0.717) is 28.1 Å². The number of rotatable bonds is 7. The van der Waals surface area contributed by atoms with E-state index in [4.69, 9.17) is 4.74 Å². The van der Waals surface area contributed by atoms with Crippen molar-refractivity contribution in [1.29, 1.82) is 0 Å². The van der Waals surface area contributed by atoms with Crippen LogP contribution in [0.4, 0.5) is 11.4 Å². The summed E-state index contributed by atoms with van der Waals surface area (Å²) in [6.07, 6.45) is 2.86. The molecule has 0 aliphatic carbocycles. The van der Waals surface area contributed by atoms with Gasteiger partial charge in [-0.15, -0.1) is 0 Å². The molecule has 0 fully saturated rings. The van der Waals surface area contributed by atoms with E-state index < -0.39 is 10.9 Å². The second-order valence-electron chi connectivity index (χ2n) is 6.44. The van der Waals surface area contributed by atoms with Crippen LogP contribution in [0, 0.1) is 24.0 Å². The van der Waals surface area contributed by atoms with Crippen LogP contribution in [0.3, 0.4) is 0 Å². The highest BCUT2D eigenvalue weighted by molar-refractivity contribution is 6.10. The van der Waals surface area contributed by atoms with Crippen LogP contribution in [-0.2, 0) is 4.74 Å². The Kier molecular flexibility index (Phi) is 6.35. The summed E-state index contributed by atoms with van der Waals surface area (Å²) in [5.41, 5.74) is 2.68. The third-order valence-corrected chi connectivity index (χ3v) is 4.27. The fourth-order valence-corrected chi connectivity index (χ4v) is 2.95. The molecule has 0 bridgehead atoms. The number of benzene rings is 1. The summed E-state index contributed by atoms with van der Waals surface area (Å²) in [7, 11) is 3.44. The van der Waals surface area contributed by atoms with Crippen molar-refractivity contribution >= 4 is 29.2 Å². The Balaban J connectivity index is 2.33. The molecule has 0 radical (unpaired) electrons. The maximum absolute atomic E-state index is 12.6. The number of nitrogens with zero attached hydrogens (tertiary/aromatic N) is 2. The summed E-state index contributed by atoms with van der Waals surface area (Å²) in [6, 6.07) is 4.75. The van der Waals surface area contributed by atoms with Gasteiger partial charge in [-0.25, -0.2) is 4.79 Å². The van der Waals surface area contributed by atoms with Crippen LogP contribution in [0.5, 0.6) is 0 Å². The zero-order chi connectivity index (χ0) is 21.0. The van der Waals surface area contributed by atoms with Crippen molar-refractivity contribution in [2.45, 2.75) is 20.8 Å². The number of aryl methyl sites for hydroxylation is 1. The third-order valence-electron chi connectivity index (χ3n) is 4.27. The molecule has 0 saturated heterocycles. The van der Waals surface area contributed by atoms with Crippen LogP contribution in [-0.4, -0.2) is 42.4 Å². The highest BCUT2D eigenvalue weighted by Gasteiger charge is 2.21. The van der Waals surface area contributed by atoms with Crippen LogP contribution in [0.15, 0.2) is 24.3 Å². The fourth-order valence-electron chi connectivity index (χ4n) is 2.95. The van der Waals surface area contributed by atoms with Crippen molar-refractivity contribution < 1.29 is 19.2 Å². The van der Waals surface area contributed by atoms with Gasteiger partial charge in [0, 0.05) is 31.4 Å². The number of hydrogen-bond acceptors (Lipinski definition) is 6. The lowest BCUT2D eigenvalue weighted by Gasteiger charge is -2.12. The summed E-state index contributed by atoms with van der Waals surface area (Å²) in [5.74, 6) is -0.817. The zero-order valence-electron chi connectivity index (χ0n) is 16.5. The molecule has 1 aromatic carbocycles. The third kappa shape index (κ3) is 4.28. The van der Waals surface area contributed by atoms with Crippen molar-refractivity contribution in [2.75, 3.05) is 25.6 Å². The second kappa shape index (κ2) is 8.51. The van der Waals surface area contributed by atoms with Gasteiger partial charge in [-0.05, 0) is 44.0 Å². The minimum Gasteiger partial charge on any atom is -0.461 e. The van der Waals surface area contributed by atoms with E-state index in [0.717, 1.165) is 0 Å². The SMILES string of the molecule is CCOC(=O)c1[nH]c(C)c(C(=O)/C=C/c2ccc(N(C)C)c([N+](=O)[O-])c2)c1C. The first kappa shape index (κ1) is 20.9. The molecule has 2 rings (SSSR count). The first-order valence-electron chi connectivity index (χ1n) is 8.71. The molecule has 8 nitrogen and oxygen atoms in total. The van der Waals surface area contributed by atoms with Crippen LogP contribution in [0.1, 0.15) is 44.6 Å². The van der Waals surface area contributed by atoms with Gasteiger partial charge in [0.1, 0.15) is 11.4 Å². The van der Waals surface area contributed by atoms with E-state index in [-0.39, 0.29) is 23.8 Å². The van der Waals surface area contributed by atoms with Crippen LogP contribution >= 0.6 is 0 Å². The Hall–Kier alpha value is -3.42. The molecule has 0 aliphatic heterocycles. The van der Waals surface area contributed by atoms with E-state index in [1.165, 1.54) is 18.2 Å². The maximum Gasteiger partial charge on any atom is 0.355 e. The summed E-state index contributed by atoms with van der Waals surface area (Å²) in [5, 5.41) is 11.3. The van der Waals surface area contributed by atoms with Gasteiger partial charge >= 0.3 is 5.97 Å². The number of nitro groups is 1. The largest absolute Gasteiger partial charge is 0.461 e. The van der Waals surface area contributed by atoms with E-state index in [1.54, 1.807) is 51.9 Å². The maximum atomic E-state index is 12.6. The minimum absolute atomic E-state index is 0.0433. The summed E-state index contributed by atoms with van der Waals surface area (Å²) >= 11 is 0. The highest BCUT2D eigenvalue weighted by Crippen LogP contribution is 2.28. The van der Waals surface area contributed by atoms with Crippen molar-refractivity contribution in [1.82, 2.24) is 4.98 Å². The van der Waals surface area contributed by atoms with Gasteiger partial charge in [0.2, 0.25) is 0 Å². The predicted molar refractivity (Wildman–Crippen MR) is 107 cm³/mol. The molecule has 0 amide bonds. The average Bonchev–Trinajstić information content (AvgIpc) is 2.94. The van der Waals surface area contributed by atoms with Crippen LogP contribution in [0.25, 0.3) is 6.08 Å². The molecular formula is C20H23N3O5. The normalized spacial score (nSPS) is 10.9. The lowest BCUT2D eigenvalue weighted by Crippen LogP contribution is -2.11. The van der Waals surface area contributed by atoms with Crippen molar-refractivity contribution in [3.05, 3.63) is 62.5 Å². The number of aromatic amines is 1. The molecule has 0 aliphatic rings. The van der Waals surface area contributed by atoms with Gasteiger partial charge in [-0.3, -0.25) is 14.9 Å². The van der Waals surface area contributed by atoms with Crippen molar-refractivity contribution in [3.63, 3.8) is 0 Å². The zero-order valence-corrected chi connectivity index (χ0v) is 16.5. The quantitative estimate of drug-likeness (QED) is 0.256. The van der Waals surface area contributed by atoms with E-state index in [1.807, 2.05) is 0 Å². The minimum atomic E-state index is -0.513. The molecule has 148 valence electrons. The number of ketones is 1. The smallest absolute Gasteiger partial charge is 0.355 e. The number of nitro benzene ring substituents is 1. The van der Waals surface area contributed by atoms with E-state index >= 15 is 0 Å². The Morgan fingerprint density at radius 2 is 1.96 bits per heavy atom. The monoisotopic (exact) mass is 385 g/mol. The molecule has 0 spiro atoms. The second-order valence-corrected chi connectivity index (χ2v) is 6.44. The van der Waals surface area contributed by atoms with Crippen LogP contribution < -0.4 is 4.90 Å². The standard InChI is InChI=1S/C20H23N3O5/c1-6-28-20(25)19-12(2)18(13(3)21-19)17(24)10-8-14-7-9-15(22(4)5)16(11-14)23(26)27/h7-11,21H,6H2,1-5H3/b10-8+. The number of hydrogen-bond donors (Lipinski definition) is 1. The first-order chi connectivity index (χ1) is 13.2. The number of H-pyrrole nitrogens is 1. The number of aromatic nitrogens is 1. The first-order valence-corrected chi connectivity index (χ1v) is 8.71. The van der Waals surface area contributed by atoms with Gasteiger partial charge in [0.05, 0.1) is 11.5 Å². The van der Waals surface area contributed by atoms with Gasteiger partial charge in [0.15, 0.2) is 5.78 Å². The molecule has 28 heavy (non-hydrogen) atoms. The van der Waals surface area contributed by atoms with Gasteiger partial charge in [-0.2, -0.15) is 0 Å². The Morgan fingerprint density at radius 3 is 2.54 bits per heavy atom. The van der Waals surface area contributed by atoms with Gasteiger partial charge in [-0.1, -0.05) is 12.1 Å². The molecule has 8 heteroatoms. The molecular weight excluding hydrogens is 362 g/mol. The molecule has 1 N–H and O–H groups in total. The Labute approximate surface area is 163 Å². The Morgan fingerprint density at radius 1 is 1.29 bits per heavy atom. The van der Waals surface area contributed by atoms with E-state index in [9.17, 15) is 19.7 Å². The molecule has 0 unspecified atom stereocenters. The fraction of sp³-hybridized carbons (Fsp3) is 0.300. The molecule has 1 heterocycles. The molecule has 0 atom stereocenters. The summed E-state index contributed by atoms with van der Waals surface area (Å²) < 4.78 is 4.98. The lowest BCUT2D eigenvalue weighted by atomic mass is 10.0. The number of anilines is 1. The number of ether oxygens (including phenoxy) is 1. The highest BCUT2D eigenvalue weighted by atomic mass is 16.6. The number of carbonyl (C=O) groups is 2. The summed E-state index contributed by atoms with van der Waals surface area (Å²) in [4.78, 5) is 40.0. The number of esters is 1. The van der Waals surface area contributed by atoms with Crippen LogP contribution in [0.2, 0.25) is 0 Å². The summed E-state index contributed by atoms with van der Waals surface area (Å²) in [6.45, 7) is 5.32. The topological polar surface area (TPSA) is 106 Å². The number of nitrogens with one attached hydrogen (secondary N) is 1. The van der Waals surface area contributed by atoms with Crippen molar-refractivity contribution in [3.8, 4) is 0 Å². The van der Waals surface area contributed by atoms with Gasteiger partial charge in [0.25, 0.3) is 5.69 Å². The van der Waals surface area contributed by atoms with Crippen molar-refractivity contribution in [2.24, 2.45) is 0 Å². The number of carbonyl (C=O) groups excluding carboxylic acids is 2.